The third-order valence-corrected chi connectivity index (χ3v) is 3.28. The molecule has 0 unspecified atom stereocenters. The Morgan fingerprint density at radius 1 is 1.12 bits per heavy atom. The van der Waals surface area contributed by atoms with E-state index in [0.717, 1.165) is 11.3 Å². The average Bonchev–Trinajstić information content (AvgIpc) is 2.59. The highest BCUT2D eigenvalue weighted by Gasteiger charge is 2.03. The van der Waals surface area contributed by atoms with Gasteiger partial charge >= 0.3 is 0 Å². The van der Waals surface area contributed by atoms with Gasteiger partial charge in [-0.25, -0.2) is 0 Å². The number of carbonyl (C=O) groups excluding carboxylic acids is 1. The van der Waals surface area contributed by atoms with Gasteiger partial charge < -0.3 is 15.2 Å². The standard InChI is InChI=1S/C19H18N2O3/c1-14-4-2-3-5-18(14)24-11-10-23-17-8-6-15(7-9-17)12-16(13-20)19(21)22/h2-9,12H,10-11H2,1H3,(H2,21,22)/b16-12+. The van der Waals surface area contributed by atoms with Crippen molar-refractivity contribution in [3.63, 3.8) is 0 Å². The molecule has 0 aliphatic carbocycles. The van der Waals surface area contributed by atoms with Crippen LogP contribution in [0.25, 0.3) is 6.08 Å². The number of rotatable bonds is 7. The predicted molar refractivity (Wildman–Crippen MR) is 91.4 cm³/mol. The summed E-state index contributed by atoms with van der Waals surface area (Å²) in [6.07, 6.45) is 1.44. The summed E-state index contributed by atoms with van der Waals surface area (Å²) >= 11 is 0. The number of nitrogens with zero attached hydrogens (tertiary/aromatic N) is 1. The average molecular weight is 322 g/mol. The molecule has 2 N–H and O–H groups in total. The van der Waals surface area contributed by atoms with Gasteiger partial charge in [-0.15, -0.1) is 0 Å². The SMILES string of the molecule is Cc1ccccc1OCCOc1ccc(/C=C(\C#N)C(N)=O)cc1. The van der Waals surface area contributed by atoms with Gasteiger partial charge in [-0.2, -0.15) is 5.26 Å². The highest BCUT2D eigenvalue weighted by atomic mass is 16.5. The third-order valence-electron chi connectivity index (χ3n) is 3.28. The van der Waals surface area contributed by atoms with E-state index < -0.39 is 5.91 Å². The fourth-order valence-electron chi connectivity index (χ4n) is 2.01. The number of hydrogen-bond acceptors (Lipinski definition) is 4. The largest absolute Gasteiger partial charge is 0.490 e. The minimum Gasteiger partial charge on any atom is -0.490 e. The number of primary amides is 1. The van der Waals surface area contributed by atoms with E-state index in [4.69, 9.17) is 20.5 Å². The van der Waals surface area contributed by atoms with Crippen molar-refractivity contribution in [3.8, 4) is 17.6 Å². The lowest BCUT2D eigenvalue weighted by molar-refractivity contribution is -0.114. The molecule has 0 radical (unpaired) electrons. The third kappa shape index (κ3) is 4.89. The highest BCUT2D eigenvalue weighted by Crippen LogP contribution is 2.17. The molecular weight excluding hydrogens is 304 g/mol. The van der Waals surface area contributed by atoms with E-state index in [2.05, 4.69) is 0 Å². The summed E-state index contributed by atoms with van der Waals surface area (Å²) in [4.78, 5) is 11.0. The summed E-state index contributed by atoms with van der Waals surface area (Å²) in [6.45, 7) is 2.84. The van der Waals surface area contributed by atoms with Crippen LogP contribution in [0.3, 0.4) is 0 Å². The van der Waals surface area contributed by atoms with Gasteiger partial charge in [0.1, 0.15) is 36.4 Å². The number of para-hydroxylation sites is 1. The predicted octanol–water partition coefficient (Wildman–Crippen LogP) is 2.85. The van der Waals surface area contributed by atoms with Crippen LogP contribution in [-0.4, -0.2) is 19.1 Å². The van der Waals surface area contributed by atoms with Crippen molar-refractivity contribution in [2.24, 2.45) is 5.73 Å². The monoisotopic (exact) mass is 322 g/mol. The van der Waals surface area contributed by atoms with Crippen LogP contribution in [0.5, 0.6) is 11.5 Å². The smallest absolute Gasteiger partial charge is 0.259 e. The molecule has 0 bridgehead atoms. The van der Waals surface area contributed by atoms with Crippen molar-refractivity contribution in [1.82, 2.24) is 0 Å². The van der Waals surface area contributed by atoms with Crippen LogP contribution in [0.15, 0.2) is 54.1 Å². The summed E-state index contributed by atoms with van der Waals surface area (Å²) < 4.78 is 11.3. The Balaban J connectivity index is 1.85. The van der Waals surface area contributed by atoms with Crippen molar-refractivity contribution in [2.45, 2.75) is 6.92 Å². The molecule has 5 nitrogen and oxygen atoms in total. The van der Waals surface area contributed by atoms with E-state index in [0.29, 0.717) is 24.5 Å². The Bertz CT molecular complexity index is 774. The zero-order valence-electron chi connectivity index (χ0n) is 13.4. The molecule has 2 aromatic rings. The van der Waals surface area contributed by atoms with Gasteiger partial charge in [-0.1, -0.05) is 30.3 Å². The zero-order valence-corrected chi connectivity index (χ0v) is 13.4. The highest BCUT2D eigenvalue weighted by molar-refractivity contribution is 6.00. The zero-order chi connectivity index (χ0) is 17.4. The maximum atomic E-state index is 11.0. The van der Waals surface area contributed by atoms with Crippen LogP contribution in [0, 0.1) is 18.3 Å². The number of benzene rings is 2. The van der Waals surface area contributed by atoms with Gasteiger partial charge in [0, 0.05) is 0 Å². The van der Waals surface area contributed by atoms with Crippen molar-refractivity contribution < 1.29 is 14.3 Å². The second kappa shape index (κ2) is 8.39. The Labute approximate surface area is 140 Å². The molecule has 2 aromatic carbocycles. The normalized spacial score (nSPS) is 10.8. The van der Waals surface area contributed by atoms with E-state index in [9.17, 15) is 4.79 Å². The lowest BCUT2D eigenvalue weighted by atomic mass is 10.1. The first-order valence-corrected chi connectivity index (χ1v) is 7.43. The topological polar surface area (TPSA) is 85.3 Å². The summed E-state index contributed by atoms with van der Waals surface area (Å²) in [6, 6.07) is 16.6. The molecular formula is C19H18N2O3. The van der Waals surface area contributed by atoms with E-state index >= 15 is 0 Å². The van der Waals surface area contributed by atoms with Crippen LogP contribution in [0.2, 0.25) is 0 Å². The fourth-order valence-corrected chi connectivity index (χ4v) is 2.01. The van der Waals surface area contributed by atoms with E-state index in [1.165, 1.54) is 6.08 Å². The van der Waals surface area contributed by atoms with Crippen LogP contribution in [-0.2, 0) is 4.79 Å². The first-order chi connectivity index (χ1) is 11.6. The van der Waals surface area contributed by atoms with Crippen molar-refractivity contribution in [1.29, 1.82) is 5.26 Å². The molecule has 122 valence electrons. The number of ether oxygens (including phenoxy) is 2. The fraction of sp³-hybridized carbons (Fsp3) is 0.158. The second-order valence-electron chi connectivity index (χ2n) is 5.07. The van der Waals surface area contributed by atoms with Gasteiger partial charge in [0.15, 0.2) is 0 Å². The molecule has 2 rings (SSSR count). The van der Waals surface area contributed by atoms with Crippen LogP contribution >= 0.6 is 0 Å². The molecule has 5 heteroatoms. The van der Waals surface area contributed by atoms with Gasteiger partial charge in [0.05, 0.1) is 0 Å². The molecule has 0 atom stereocenters. The summed E-state index contributed by atoms with van der Waals surface area (Å²) in [5, 5.41) is 8.81. The Morgan fingerprint density at radius 2 is 1.79 bits per heavy atom. The van der Waals surface area contributed by atoms with Crippen molar-refractivity contribution >= 4 is 12.0 Å². The van der Waals surface area contributed by atoms with E-state index in [-0.39, 0.29) is 5.57 Å². The summed E-state index contributed by atoms with van der Waals surface area (Å²) in [5.41, 5.74) is 6.79. The Morgan fingerprint density at radius 3 is 2.42 bits per heavy atom. The second-order valence-corrected chi connectivity index (χ2v) is 5.07. The minimum absolute atomic E-state index is 0.0877. The van der Waals surface area contributed by atoms with Gasteiger partial charge in [-0.3, -0.25) is 4.79 Å². The maximum absolute atomic E-state index is 11.0. The van der Waals surface area contributed by atoms with Crippen molar-refractivity contribution in [3.05, 3.63) is 65.2 Å². The minimum atomic E-state index is -0.744. The number of nitrogens with two attached hydrogens (primary N) is 1. The molecule has 0 heterocycles. The van der Waals surface area contributed by atoms with Crippen LogP contribution in [0.4, 0.5) is 0 Å². The van der Waals surface area contributed by atoms with Crippen LogP contribution < -0.4 is 15.2 Å². The summed E-state index contributed by atoms with van der Waals surface area (Å²) in [7, 11) is 0. The lowest BCUT2D eigenvalue weighted by Gasteiger charge is -2.10. The summed E-state index contributed by atoms with van der Waals surface area (Å²) in [5.74, 6) is 0.779. The molecule has 0 saturated carbocycles. The number of aryl methyl sites for hydroxylation is 1. The van der Waals surface area contributed by atoms with Gasteiger partial charge in [0.25, 0.3) is 5.91 Å². The number of amides is 1. The molecule has 0 spiro atoms. The quantitative estimate of drug-likeness (QED) is 0.482. The molecule has 0 fully saturated rings. The molecule has 1 amide bonds. The maximum Gasteiger partial charge on any atom is 0.259 e. The molecule has 0 aliphatic heterocycles. The number of nitriles is 1. The molecule has 24 heavy (non-hydrogen) atoms. The van der Waals surface area contributed by atoms with Gasteiger partial charge in [0.2, 0.25) is 0 Å². The lowest BCUT2D eigenvalue weighted by Crippen LogP contribution is -2.12. The molecule has 0 aliphatic rings. The first-order valence-electron chi connectivity index (χ1n) is 7.43. The van der Waals surface area contributed by atoms with Crippen molar-refractivity contribution in [2.75, 3.05) is 13.2 Å². The first kappa shape index (κ1) is 17.1. The van der Waals surface area contributed by atoms with E-state index in [1.54, 1.807) is 30.3 Å². The number of carbonyl (C=O) groups is 1. The van der Waals surface area contributed by atoms with E-state index in [1.807, 2.05) is 31.2 Å². The Hall–Kier alpha value is -3.26. The molecule has 0 aromatic heterocycles. The van der Waals surface area contributed by atoms with Crippen LogP contribution in [0.1, 0.15) is 11.1 Å². The number of hydrogen-bond donors (Lipinski definition) is 1. The molecule has 0 saturated heterocycles. The Kier molecular flexibility index (Phi) is 5.98. The van der Waals surface area contributed by atoms with Gasteiger partial charge in [-0.05, 0) is 42.3 Å².